The molecule has 0 radical (unpaired) electrons. The first-order chi connectivity index (χ1) is 9.63. The van der Waals surface area contributed by atoms with Gasteiger partial charge in [0.05, 0.1) is 21.4 Å². The highest BCUT2D eigenvalue weighted by atomic mass is 19.3. The third-order valence-corrected chi connectivity index (χ3v) is 2.95. The number of carbonyl (C=O) groups excluding carboxylic acids is 1. The second-order valence-corrected chi connectivity index (χ2v) is 4.33. The summed E-state index contributed by atoms with van der Waals surface area (Å²) in [4.78, 5) is 12.5. The number of hydrogen-bond acceptors (Lipinski definition) is 3. The molecule has 1 aromatic rings. The first-order valence-electron chi connectivity index (χ1n) is 6.76. The van der Waals surface area contributed by atoms with Gasteiger partial charge in [-0.1, -0.05) is 30.3 Å². The van der Waals surface area contributed by atoms with Gasteiger partial charge in [0.25, 0.3) is 0 Å². The van der Waals surface area contributed by atoms with E-state index in [9.17, 15) is 18.7 Å². The van der Waals surface area contributed by atoms with Gasteiger partial charge in [0.15, 0.2) is 0 Å². The topological polar surface area (TPSA) is 49.8 Å². The van der Waals surface area contributed by atoms with Gasteiger partial charge in [-0.3, -0.25) is 4.79 Å². The molecule has 0 aliphatic carbocycles. The van der Waals surface area contributed by atoms with E-state index in [-0.39, 0.29) is 6.54 Å². The van der Waals surface area contributed by atoms with Crippen LogP contribution in [0.5, 0.6) is 0 Å². The highest BCUT2D eigenvalue weighted by Gasteiger charge is 2.53. The van der Waals surface area contributed by atoms with Crippen molar-refractivity contribution >= 4 is 5.91 Å². The number of alkyl halides is 2. The predicted octanol–water partition coefficient (Wildman–Crippen LogP) is 1.39. The smallest absolute Gasteiger partial charge is 0.394 e. The lowest BCUT2D eigenvalue weighted by molar-refractivity contribution is -0.286. The maximum Gasteiger partial charge on any atom is 0.437 e. The Kier molecular flexibility index (Phi) is 3.11. The maximum atomic E-state index is 13.5. The van der Waals surface area contributed by atoms with Crippen LogP contribution < -0.4 is 0 Å². The molecule has 0 bridgehead atoms. The zero-order chi connectivity index (χ0) is 15.8. The van der Waals surface area contributed by atoms with Crippen LogP contribution >= 0.6 is 0 Å². The van der Waals surface area contributed by atoms with E-state index in [1.165, 1.54) is 6.92 Å². The van der Waals surface area contributed by atoms with Gasteiger partial charge >= 0.3 is 12.0 Å². The maximum absolute atomic E-state index is 13.5. The number of morpholine rings is 1. The van der Waals surface area contributed by atoms with Gasteiger partial charge in [-0.15, -0.1) is 0 Å². The lowest BCUT2D eigenvalue weighted by Crippen LogP contribution is -2.61. The number of aliphatic hydroxyl groups is 1. The van der Waals surface area contributed by atoms with E-state index < -0.39 is 30.7 Å². The molecule has 1 heterocycles. The summed E-state index contributed by atoms with van der Waals surface area (Å²) in [7, 11) is 0. The van der Waals surface area contributed by atoms with Gasteiger partial charge < -0.3 is 14.7 Å². The summed E-state index contributed by atoms with van der Waals surface area (Å²) in [5, 5.41) is 9.56. The molecular formula is C13H15F2NO3. The van der Waals surface area contributed by atoms with E-state index >= 15 is 0 Å². The van der Waals surface area contributed by atoms with Crippen molar-refractivity contribution in [3.63, 3.8) is 0 Å². The number of ether oxygens (including phenoxy) is 1. The van der Waals surface area contributed by atoms with Crippen LogP contribution in [0.4, 0.5) is 8.78 Å². The van der Waals surface area contributed by atoms with Gasteiger partial charge in [0.1, 0.15) is 0 Å². The Bertz CT molecular complexity index is 522. The number of amides is 1. The van der Waals surface area contributed by atoms with E-state index in [0.717, 1.165) is 0 Å². The van der Waals surface area contributed by atoms with Crippen molar-refractivity contribution in [2.45, 2.75) is 31.7 Å². The largest absolute Gasteiger partial charge is 0.437 e. The van der Waals surface area contributed by atoms with Crippen molar-refractivity contribution in [2.75, 3.05) is 6.56 Å². The fraction of sp³-hybridized carbons (Fsp3) is 0.462. The quantitative estimate of drug-likeness (QED) is 0.905. The highest BCUT2D eigenvalue weighted by molar-refractivity contribution is 5.83. The minimum absolute atomic E-state index is 0.242. The van der Waals surface area contributed by atoms with Crippen LogP contribution in [0.1, 0.15) is 15.2 Å². The van der Waals surface area contributed by atoms with Crippen LogP contribution in [0.15, 0.2) is 30.3 Å². The minimum Gasteiger partial charge on any atom is -0.394 e. The first-order valence-corrected chi connectivity index (χ1v) is 5.76. The number of nitrogens with zero attached hydrogens (tertiary/aromatic N) is 1. The molecule has 19 heavy (non-hydrogen) atoms. The van der Waals surface area contributed by atoms with Crippen LogP contribution in [-0.2, 0) is 16.1 Å². The number of benzene rings is 1. The van der Waals surface area contributed by atoms with Gasteiger partial charge in [0, 0.05) is 6.54 Å². The summed E-state index contributed by atoms with van der Waals surface area (Å²) in [5.74, 6) is -1.66. The standard InChI is InChI=1S/C13H15F2NO3/c1-9-11(8-17)16(12(18)13(14,15)19-9)7-10-5-3-2-4-6-10/h2-6,9,11,17H,7-8H2,1H3/t9-,11+/m0/s1/i8D2. The summed E-state index contributed by atoms with van der Waals surface area (Å²) in [5.41, 5.74) is 0.546. The van der Waals surface area contributed by atoms with Gasteiger partial charge in [0.2, 0.25) is 0 Å². The zero-order valence-corrected chi connectivity index (χ0v) is 10.2. The SMILES string of the molecule is [2H]C([2H])(O)[C@@H]1[C@H](C)OC(F)(F)C(=O)N1Cc1ccccc1. The monoisotopic (exact) mass is 273 g/mol. The van der Waals surface area contributed by atoms with Crippen LogP contribution in [-0.4, -0.2) is 40.7 Å². The Labute approximate surface area is 112 Å². The number of hydrogen-bond donors (Lipinski definition) is 1. The van der Waals surface area contributed by atoms with E-state index in [0.29, 0.717) is 10.5 Å². The van der Waals surface area contributed by atoms with Crippen LogP contribution in [0.3, 0.4) is 0 Å². The number of carbonyl (C=O) groups is 1. The molecule has 104 valence electrons. The van der Waals surface area contributed by atoms with Crippen LogP contribution in [0.25, 0.3) is 0 Å². The van der Waals surface area contributed by atoms with Crippen molar-refractivity contribution < 1.29 is 26.2 Å². The molecule has 0 unspecified atom stereocenters. The normalized spacial score (nSPS) is 28.8. The third-order valence-electron chi connectivity index (χ3n) is 2.95. The number of rotatable bonds is 3. The average Bonchev–Trinajstić information content (AvgIpc) is 2.34. The fourth-order valence-electron chi connectivity index (χ4n) is 2.02. The molecule has 1 N–H and O–H groups in total. The Morgan fingerprint density at radius 2 is 2.11 bits per heavy atom. The Hall–Kier alpha value is -1.53. The lowest BCUT2D eigenvalue weighted by atomic mass is 10.1. The van der Waals surface area contributed by atoms with Crippen molar-refractivity contribution in [1.29, 1.82) is 0 Å². The summed E-state index contributed by atoms with van der Waals surface area (Å²) in [6.07, 6.45) is -5.39. The van der Waals surface area contributed by atoms with Crippen LogP contribution in [0, 0.1) is 0 Å². The molecule has 1 saturated heterocycles. The molecule has 1 fully saturated rings. The fourth-order valence-corrected chi connectivity index (χ4v) is 2.02. The van der Waals surface area contributed by atoms with E-state index in [1.807, 2.05) is 0 Å². The molecule has 0 saturated carbocycles. The second-order valence-electron chi connectivity index (χ2n) is 4.33. The lowest BCUT2D eigenvalue weighted by Gasteiger charge is -2.41. The molecule has 1 aliphatic heterocycles. The van der Waals surface area contributed by atoms with Crippen molar-refractivity contribution in [3.8, 4) is 0 Å². The van der Waals surface area contributed by atoms with E-state index in [4.69, 9.17) is 2.74 Å². The van der Waals surface area contributed by atoms with Crippen LogP contribution in [0.2, 0.25) is 0 Å². The van der Waals surface area contributed by atoms with Crippen molar-refractivity contribution in [3.05, 3.63) is 35.9 Å². The van der Waals surface area contributed by atoms with Crippen molar-refractivity contribution in [2.24, 2.45) is 0 Å². The van der Waals surface area contributed by atoms with Gasteiger partial charge in [-0.25, -0.2) is 0 Å². The molecular weight excluding hydrogens is 256 g/mol. The molecule has 0 spiro atoms. The molecule has 1 aliphatic rings. The minimum atomic E-state index is -4.03. The molecule has 0 aromatic heterocycles. The molecule has 1 aromatic carbocycles. The Morgan fingerprint density at radius 1 is 1.47 bits per heavy atom. The predicted molar refractivity (Wildman–Crippen MR) is 63.4 cm³/mol. The van der Waals surface area contributed by atoms with Gasteiger partial charge in [-0.05, 0) is 12.5 Å². The van der Waals surface area contributed by atoms with E-state index in [1.54, 1.807) is 30.3 Å². The summed E-state index contributed by atoms with van der Waals surface area (Å²) in [6.45, 7) is -1.91. The Balaban J connectivity index is 2.36. The van der Waals surface area contributed by atoms with Gasteiger partial charge in [-0.2, -0.15) is 8.78 Å². The third kappa shape index (κ3) is 2.74. The van der Waals surface area contributed by atoms with E-state index in [2.05, 4.69) is 4.74 Å². The van der Waals surface area contributed by atoms with Crippen molar-refractivity contribution in [1.82, 2.24) is 4.90 Å². The summed E-state index contributed by atoms with van der Waals surface area (Å²) in [6, 6.07) is 6.79. The first kappa shape index (κ1) is 11.3. The Morgan fingerprint density at radius 3 is 2.68 bits per heavy atom. The summed E-state index contributed by atoms with van der Waals surface area (Å²) < 4.78 is 46.1. The highest BCUT2D eigenvalue weighted by Crippen LogP contribution is 2.31. The molecule has 2 atom stereocenters. The second kappa shape index (κ2) is 5.22. The zero-order valence-electron chi connectivity index (χ0n) is 12.2. The molecule has 4 nitrogen and oxygen atoms in total. The molecule has 2 rings (SSSR count). The number of halogens is 2. The average molecular weight is 273 g/mol. The molecule has 6 heteroatoms. The summed E-state index contributed by atoms with van der Waals surface area (Å²) >= 11 is 0. The molecule has 1 amide bonds.